The zero-order chi connectivity index (χ0) is 38.0. The number of benzene rings is 3. The molecule has 5 rings (SSSR count). The first-order chi connectivity index (χ1) is 25.4. The minimum Gasteiger partial charge on any atom is -0.490 e. The molecule has 0 amide bonds. The van der Waals surface area contributed by atoms with Gasteiger partial charge < -0.3 is 28.6 Å². The van der Waals surface area contributed by atoms with Crippen molar-refractivity contribution in [2.45, 2.75) is 62.9 Å². The van der Waals surface area contributed by atoms with Gasteiger partial charge in [0.2, 0.25) is 10.0 Å². The Labute approximate surface area is 315 Å². The lowest BCUT2D eigenvalue weighted by molar-refractivity contribution is -0.0249. The third kappa shape index (κ3) is 11.5. The van der Waals surface area contributed by atoms with Crippen LogP contribution in [0.5, 0.6) is 5.75 Å². The number of hydrogen-bond donors (Lipinski definition) is 0. The van der Waals surface area contributed by atoms with Crippen LogP contribution < -0.4 is 9.64 Å². The second-order valence-corrected chi connectivity index (χ2v) is 17.6. The summed E-state index contributed by atoms with van der Waals surface area (Å²) in [6, 6.07) is 19.9. The zero-order valence-electron chi connectivity index (χ0n) is 31.4. The molecule has 2 aliphatic rings. The molecule has 3 aromatic rings. The number of ether oxygens (including phenoxy) is 5. The molecule has 0 bridgehead atoms. The predicted octanol–water partition coefficient (Wildman–Crippen LogP) is 5.14. The molecule has 0 saturated carbocycles. The van der Waals surface area contributed by atoms with Gasteiger partial charge in [0.1, 0.15) is 12.4 Å². The van der Waals surface area contributed by atoms with Crippen LogP contribution in [-0.4, -0.2) is 106 Å². The average Bonchev–Trinajstić information content (AvgIpc) is 3.13. The van der Waals surface area contributed by atoms with Crippen molar-refractivity contribution in [3.63, 3.8) is 0 Å². The summed E-state index contributed by atoms with van der Waals surface area (Å²) in [5, 5.41) is 0. The van der Waals surface area contributed by atoms with E-state index in [0.717, 1.165) is 59.5 Å². The van der Waals surface area contributed by atoms with Crippen LogP contribution in [0.2, 0.25) is 0 Å². The topological polar surface area (TPSA) is 130 Å². The molecule has 0 spiro atoms. The third-order valence-corrected chi connectivity index (χ3v) is 12.1. The molecule has 0 aromatic heterocycles. The van der Waals surface area contributed by atoms with Crippen molar-refractivity contribution in [2.75, 3.05) is 78.0 Å². The largest absolute Gasteiger partial charge is 0.490 e. The maximum absolute atomic E-state index is 14.3. The maximum Gasteiger partial charge on any atom is 0.264 e. The van der Waals surface area contributed by atoms with Gasteiger partial charge in [0.15, 0.2) is 0 Å². The van der Waals surface area contributed by atoms with Crippen molar-refractivity contribution in [2.24, 2.45) is 5.92 Å². The van der Waals surface area contributed by atoms with Crippen LogP contribution in [0.15, 0.2) is 71.6 Å². The number of piperidine rings is 1. The van der Waals surface area contributed by atoms with E-state index >= 15 is 0 Å². The third-order valence-electron chi connectivity index (χ3n) is 9.60. The van der Waals surface area contributed by atoms with Crippen molar-refractivity contribution in [3.05, 3.63) is 89.0 Å². The fourth-order valence-electron chi connectivity index (χ4n) is 6.84. The molecule has 53 heavy (non-hydrogen) atoms. The highest BCUT2D eigenvalue weighted by Gasteiger charge is 2.43. The summed E-state index contributed by atoms with van der Waals surface area (Å²) in [5.41, 5.74) is 4.79. The molecule has 0 aliphatic carbocycles. The Kier molecular flexibility index (Phi) is 14.7. The van der Waals surface area contributed by atoms with Gasteiger partial charge in [-0.15, -0.1) is 0 Å². The first-order valence-corrected chi connectivity index (χ1v) is 21.3. The Hall–Kier alpha value is -3.08. The maximum atomic E-state index is 14.3. The van der Waals surface area contributed by atoms with Crippen molar-refractivity contribution in [3.8, 4) is 5.75 Å². The molecule has 14 heteroatoms. The van der Waals surface area contributed by atoms with E-state index in [-0.39, 0.29) is 42.9 Å². The zero-order valence-corrected chi connectivity index (χ0v) is 33.1. The van der Waals surface area contributed by atoms with Crippen LogP contribution in [0.25, 0.3) is 0 Å². The molecular formula is C39H54N2O10S2. The molecule has 12 nitrogen and oxygen atoms in total. The van der Waals surface area contributed by atoms with E-state index in [2.05, 4.69) is 17.9 Å². The van der Waals surface area contributed by atoms with E-state index in [1.165, 1.54) is 4.31 Å². The normalized spacial score (nSPS) is 20.2. The lowest BCUT2D eigenvalue weighted by Gasteiger charge is -2.43. The van der Waals surface area contributed by atoms with Gasteiger partial charge in [-0.3, -0.25) is 4.18 Å². The summed E-state index contributed by atoms with van der Waals surface area (Å²) >= 11 is 0. The molecule has 0 N–H and O–H groups in total. The Morgan fingerprint density at radius 3 is 2.34 bits per heavy atom. The highest BCUT2D eigenvalue weighted by molar-refractivity contribution is 7.89. The second kappa shape index (κ2) is 19.0. The SMILES string of the molecule is COCCCN1CCOc2ccc(CO[C@H]3CN(S(=O)(=O)c4ccc(C)cc4)[C@H](COS(C)(=O)=O)C[C@@H]3c3ccc(COC[C@@H](C)COC)cc3)cc21. The Morgan fingerprint density at radius 2 is 1.64 bits per heavy atom. The summed E-state index contributed by atoms with van der Waals surface area (Å²) < 4.78 is 88.5. The standard InChI is InChI=1S/C39H54N2O10S2/c1-29-7-14-35(15-8-29)53(44,45)41-23-39(50-27-32-11-16-38-37(21-32)40(18-20-49-38)17-6-19-46-3)36(22-34(41)28-51-52(5,42)43)33-12-9-31(10-13-33)26-48-25-30(2)24-47-4/h7-16,21,30,34,36,39H,6,17-20,22-28H2,1-5H3/t30-,34-,36+,39-/m0/s1. The molecule has 0 radical (unpaired) electrons. The van der Waals surface area contributed by atoms with Crippen LogP contribution >= 0.6 is 0 Å². The van der Waals surface area contributed by atoms with E-state index in [4.69, 9.17) is 27.9 Å². The molecule has 292 valence electrons. The quantitative estimate of drug-likeness (QED) is 0.119. The smallest absolute Gasteiger partial charge is 0.264 e. The molecule has 4 atom stereocenters. The monoisotopic (exact) mass is 774 g/mol. The second-order valence-electron chi connectivity index (χ2n) is 14.0. The van der Waals surface area contributed by atoms with Gasteiger partial charge in [-0.1, -0.05) is 55.0 Å². The van der Waals surface area contributed by atoms with Gasteiger partial charge in [-0.25, -0.2) is 8.42 Å². The van der Waals surface area contributed by atoms with Crippen molar-refractivity contribution in [1.82, 2.24) is 4.31 Å². The number of sulfonamides is 1. The molecule has 1 fully saturated rings. The molecule has 2 heterocycles. The number of anilines is 1. The first kappa shape index (κ1) is 41.1. The van der Waals surface area contributed by atoms with Crippen LogP contribution in [0.4, 0.5) is 5.69 Å². The van der Waals surface area contributed by atoms with E-state index in [0.29, 0.717) is 33.0 Å². The van der Waals surface area contributed by atoms with Crippen molar-refractivity contribution >= 4 is 25.8 Å². The first-order valence-electron chi connectivity index (χ1n) is 18.1. The van der Waals surface area contributed by atoms with E-state index in [1.54, 1.807) is 38.5 Å². The van der Waals surface area contributed by atoms with Crippen molar-refractivity contribution in [1.29, 1.82) is 0 Å². The Balaban J connectivity index is 1.43. The minimum atomic E-state index is -4.06. The number of rotatable bonds is 19. The number of nitrogens with zero attached hydrogens (tertiary/aromatic N) is 2. The van der Waals surface area contributed by atoms with Gasteiger partial charge in [0, 0.05) is 45.8 Å². The molecule has 3 aromatic carbocycles. The highest BCUT2D eigenvalue weighted by Crippen LogP contribution is 2.38. The summed E-state index contributed by atoms with van der Waals surface area (Å²) in [4.78, 5) is 2.41. The van der Waals surface area contributed by atoms with E-state index in [1.807, 2.05) is 43.3 Å². The number of aryl methyl sites for hydroxylation is 1. The number of fused-ring (bicyclic) bond motifs is 1. The van der Waals surface area contributed by atoms with Gasteiger partial charge in [-0.2, -0.15) is 12.7 Å². The lowest BCUT2D eigenvalue weighted by Crippen LogP contribution is -2.54. The van der Waals surface area contributed by atoms with E-state index in [9.17, 15) is 16.8 Å². The molecule has 1 saturated heterocycles. The number of hydrogen-bond acceptors (Lipinski definition) is 11. The molecular weight excluding hydrogens is 721 g/mol. The van der Waals surface area contributed by atoms with Crippen LogP contribution in [0.3, 0.4) is 0 Å². The summed E-state index contributed by atoms with van der Waals surface area (Å²) in [6.07, 6.45) is 1.57. The minimum absolute atomic E-state index is 0.00187. The summed E-state index contributed by atoms with van der Waals surface area (Å²) in [5.74, 6) is 0.816. The summed E-state index contributed by atoms with van der Waals surface area (Å²) in [6.45, 7) is 8.36. The fourth-order valence-corrected chi connectivity index (χ4v) is 8.88. The Morgan fingerprint density at radius 1 is 0.906 bits per heavy atom. The van der Waals surface area contributed by atoms with E-state index < -0.39 is 32.3 Å². The van der Waals surface area contributed by atoms with Gasteiger partial charge >= 0.3 is 0 Å². The highest BCUT2D eigenvalue weighted by atomic mass is 32.2. The number of methoxy groups -OCH3 is 2. The molecule has 0 unspecified atom stereocenters. The van der Waals surface area contributed by atoms with Crippen LogP contribution in [-0.2, 0) is 56.5 Å². The van der Waals surface area contributed by atoms with Crippen LogP contribution in [0, 0.1) is 12.8 Å². The summed E-state index contributed by atoms with van der Waals surface area (Å²) in [7, 11) is -4.53. The fraction of sp³-hybridized carbons (Fsp3) is 0.538. The van der Waals surface area contributed by atoms with Gasteiger partial charge in [-0.05, 0) is 60.7 Å². The average molecular weight is 775 g/mol. The lowest BCUT2D eigenvalue weighted by atomic mass is 9.84. The van der Waals surface area contributed by atoms with Crippen LogP contribution in [0.1, 0.15) is 47.9 Å². The van der Waals surface area contributed by atoms with Gasteiger partial charge in [0.05, 0.1) is 68.6 Å². The van der Waals surface area contributed by atoms with Gasteiger partial charge in [0.25, 0.3) is 10.1 Å². The molecule has 2 aliphatic heterocycles. The Bertz CT molecular complexity index is 1820. The predicted molar refractivity (Wildman–Crippen MR) is 203 cm³/mol. The van der Waals surface area contributed by atoms with Crippen molar-refractivity contribution < 1.29 is 44.7 Å².